The van der Waals surface area contributed by atoms with Crippen molar-refractivity contribution < 1.29 is 4.79 Å². The Morgan fingerprint density at radius 1 is 1.00 bits per heavy atom. The molecule has 6 nitrogen and oxygen atoms in total. The molecule has 4 aromatic rings. The van der Waals surface area contributed by atoms with Crippen molar-refractivity contribution in [3.8, 4) is 17.1 Å². The molecular formula is C28H29N5OS. The number of para-hydroxylation sites is 1. The summed E-state index contributed by atoms with van der Waals surface area (Å²) in [7, 11) is 0. The number of amides is 1. The van der Waals surface area contributed by atoms with E-state index in [9.17, 15) is 4.79 Å². The predicted octanol–water partition coefficient (Wildman–Crippen LogP) is 5.57. The number of nitrogens with one attached hydrogen (secondary N) is 1. The number of benzene rings is 2. The molecule has 0 bridgehead atoms. The summed E-state index contributed by atoms with van der Waals surface area (Å²) < 4.78 is 2.12. The van der Waals surface area contributed by atoms with Crippen molar-refractivity contribution in [2.75, 3.05) is 0 Å². The number of nitrogens with zero attached hydrogens (tertiary/aromatic N) is 4. The van der Waals surface area contributed by atoms with Crippen LogP contribution in [0.4, 0.5) is 0 Å². The van der Waals surface area contributed by atoms with E-state index in [1.165, 1.54) is 22.9 Å². The maximum atomic E-state index is 13.4. The smallest absolute Gasteiger partial charge is 0.238 e. The largest absolute Gasteiger partial charge is 0.352 e. The average molecular weight is 484 g/mol. The van der Waals surface area contributed by atoms with Crippen molar-refractivity contribution in [1.29, 1.82) is 0 Å². The Morgan fingerprint density at radius 3 is 2.37 bits per heavy atom. The molecule has 1 aliphatic rings. The van der Waals surface area contributed by atoms with Gasteiger partial charge in [-0.25, -0.2) is 0 Å². The summed E-state index contributed by atoms with van der Waals surface area (Å²) in [6.45, 7) is 4.32. The number of carbonyl (C=O) groups is 1. The highest BCUT2D eigenvalue weighted by Gasteiger charge is 2.31. The summed E-state index contributed by atoms with van der Waals surface area (Å²) in [6, 6.07) is 20.5. The van der Waals surface area contributed by atoms with E-state index in [0.29, 0.717) is 5.16 Å². The number of carbonyl (C=O) groups excluding carboxylic acids is 1. The fourth-order valence-corrected chi connectivity index (χ4v) is 5.29. The van der Waals surface area contributed by atoms with Crippen LogP contribution in [0.15, 0.2) is 78.2 Å². The van der Waals surface area contributed by atoms with Crippen molar-refractivity contribution in [1.82, 2.24) is 25.1 Å². The minimum absolute atomic E-state index is 0.0145. The van der Waals surface area contributed by atoms with Crippen molar-refractivity contribution in [2.24, 2.45) is 0 Å². The maximum absolute atomic E-state index is 13.4. The van der Waals surface area contributed by atoms with Crippen molar-refractivity contribution >= 4 is 17.7 Å². The molecule has 2 aromatic carbocycles. The first-order valence-corrected chi connectivity index (χ1v) is 13.1. The summed E-state index contributed by atoms with van der Waals surface area (Å²) in [5, 5.41) is 12.7. The Morgan fingerprint density at radius 2 is 1.74 bits per heavy atom. The van der Waals surface area contributed by atoms with Crippen LogP contribution in [-0.4, -0.2) is 31.7 Å². The van der Waals surface area contributed by atoms with Crippen LogP contribution < -0.4 is 5.32 Å². The lowest BCUT2D eigenvalue weighted by atomic mass is 10.0. The number of aromatic nitrogens is 4. The molecule has 1 amide bonds. The number of rotatable bonds is 9. The molecule has 35 heavy (non-hydrogen) atoms. The second-order valence-electron chi connectivity index (χ2n) is 8.71. The Bertz CT molecular complexity index is 1280. The summed E-state index contributed by atoms with van der Waals surface area (Å²) in [5.74, 6) is 0.742. The predicted molar refractivity (Wildman–Crippen MR) is 140 cm³/mol. The van der Waals surface area contributed by atoms with Crippen LogP contribution in [-0.2, 0) is 17.6 Å². The van der Waals surface area contributed by atoms with Crippen LogP contribution in [0, 0.1) is 0 Å². The van der Waals surface area contributed by atoms with Crippen LogP contribution in [0.25, 0.3) is 17.1 Å². The normalized spacial score (nSPS) is 14.0. The number of pyridine rings is 1. The van der Waals surface area contributed by atoms with E-state index in [0.717, 1.165) is 48.3 Å². The van der Waals surface area contributed by atoms with Gasteiger partial charge in [-0.2, -0.15) is 0 Å². The molecule has 1 fully saturated rings. The van der Waals surface area contributed by atoms with Gasteiger partial charge in [-0.3, -0.25) is 14.3 Å². The lowest BCUT2D eigenvalue weighted by molar-refractivity contribution is -0.120. The van der Waals surface area contributed by atoms with Crippen LogP contribution in [0.2, 0.25) is 0 Å². The van der Waals surface area contributed by atoms with Gasteiger partial charge in [0.2, 0.25) is 5.91 Å². The molecule has 1 atom stereocenters. The molecule has 1 N–H and O–H groups in total. The van der Waals surface area contributed by atoms with Crippen LogP contribution in [0.1, 0.15) is 48.6 Å². The van der Waals surface area contributed by atoms with Gasteiger partial charge in [0, 0.05) is 24.0 Å². The highest BCUT2D eigenvalue weighted by molar-refractivity contribution is 8.00. The third-order valence-electron chi connectivity index (χ3n) is 6.23. The van der Waals surface area contributed by atoms with Gasteiger partial charge in [-0.1, -0.05) is 74.1 Å². The molecule has 1 aliphatic carbocycles. The molecule has 178 valence electrons. The summed E-state index contributed by atoms with van der Waals surface area (Å²) in [4.78, 5) is 17.7. The van der Waals surface area contributed by atoms with Gasteiger partial charge in [0.15, 0.2) is 11.0 Å². The summed E-state index contributed by atoms with van der Waals surface area (Å²) >= 11 is 1.45. The van der Waals surface area contributed by atoms with E-state index in [1.54, 1.807) is 6.20 Å². The second kappa shape index (κ2) is 10.4. The van der Waals surface area contributed by atoms with E-state index in [-0.39, 0.29) is 11.9 Å². The minimum atomic E-state index is -0.430. The van der Waals surface area contributed by atoms with E-state index >= 15 is 0 Å². The topological polar surface area (TPSA) is 72.7 Å². The quantitative estimate of drug-likeness (QED) is 0.315. The lowest BCUT2D eigenvalue weighted by Crippen LogP contribution is -2.30. The Hall–Kier alpha value is -3.45. The Kier molecular flexibility index (Phi) is 6.95. The van der Waals surface area contributed by atoms with Crippen molar-refractivity contribution in [3.05, 3.63) is 89.7 Å². The van der Waals surface area contributed by atoms with Crippen molar-refractivity contribution in [3.63, 3.8) is 0 Å². The van der Waals surface area contributed by atoms with Crippen molar-refractivity contribution in [2.45, 2.75) is 56.0 Å². The molecule has 1 saturated carbocycles. The molecule has 0 radical (unpaired) electrons. The van der Waals surface area contributed by atoms with E-state index in [2.05, 4.69) is 57.1 Å². The summed E-state index contributed by atoms with van der Waals surface area (Å²) in [5.41, 5.74) is 5.37. The molecule has 1 unspecified atom stereocenters. The first kappa shape index (κ1) is 23.3. The fraction of sp³-hybridized carbons (Fsp3) is 0.286. The minimum Gasteiger partial charge on any atom is -0.352 e. The van der Waals surface area contributed by atoms with E-state index in [1.807, 2.05) is 48.7 Å². The third-order valence-corrected chi connectivity index (χ3v) is 7.43. The Balaban J connectivity index is 1.65. The number of hydrogen-bond acceptors (Lipinski definition) is 5. The zero-order valence-corrected chi connectivity index (χ0v) is 20.8. The number of aryl methyl sites for hydroxylation is 2. The van der Waals surface area contributed by atoms with Gasteiger partial charge in [0.1, 0.15) is 5.25 Å². The lowest BCUT2D eigenvalue weighted by Gasteiger charge is -2.20. The average Bonchev–Trinajstić information content (AvgIpc) is 3.63. The van der Waals surface area contributed by atoms with Gasteiger partial charge in [-0.15, -0.1) is 10.2 Å². The molecule has 5 rings (SSSR count). The van der Waals surface area contributed by atoms with Gasteiger partial charge in [-0.05, 0) is 54.5 Å². The molecule has 2 aromatic heterocycles. The highest BCUT2D eigenvalue weighted by Crippen LogP contribution is 2.39. The maximum Gasteiger partial charge on any atom is 0.238 e. The molecule has 7 heteroatoms. The van der Waals surface area contributed by atoms with Crippen LogP contribution in [0.5, 0.6) is 0 Å². The fourth-order valence-electron chi connectivity index (χ4n) is 4.24. The van der Waals surface area contributed by atoms with E-state index < -0.39 is 5.25 Å². The standard InChI is InChI=1S/C28H29N5OS/c1-3-19-12-8-13-20(4-2)24(19)33-26(22-14-9-17-29-18-22)31-32-28(33)35-25(21-10-6-5-7-11-21)27(34)30-23-15-16-23/h5-14,17-18,23,25H,3-4,15-16H2,1-2H3,(H,30,34). The van der Waals surface area contributed by atoms with Crippen LogP contribution >= 0.6 is 11.8 Å². The summed E-state index contributed by atoms with van der Waals surface area (Å²) in [6.07, 6.45) is 7.41. The molecular weight excluding hydrogens is 454 g/mol. The SMILES string of the molecule is CCc1cccc(CC)c1-n1c(SC(C(=O)NC2CC2)c2ccccc2)nnc1-c1cccnc1. The van der Waals surface area contributed by atoms with Gasteiger partial charge < -0.3 is 5.32 Å². The first-order valence-electron chi connectivity index (χ1n) is 12.2. The van der Waals surface area contributed by atoms with E-state index in [4.69, 9.17) is 0 Å². The molecule has 0 spiro atoms. The number of hydrogen-bond donors (Lipinski definition) is 1. The van der Waals surface area contributed by atoms with Gasteiger partial charge in [0.05, 0.1) is 5.69 Å². The zero-order valence-electron chi connectivity index (χ0n) is 20.0. The number of thioether (sulfide) groups is 1. The second-order valence-corrected chi connectivity index (χ2v) is 9.78. The first-order chi connectivity index (χ1) is 17.2. The Labute approximate surface area is 210 Å². The highest BCUT2D eigenvalue weighted by atomic mass is 32.2. The van der Waals surface area contributed by atoms with Crippen LogP contribution in [0.3, 0.4) is 0 Å². The molecule has 2 heterocycles. The monoisotopic (exact) mass is 483 g/mol. The molecule has 0 aliphatic heterocycles. The van der Waals surface area contributed by atoms with Gasteiger partial charge >= 0.3 is 0 Å². The third kappa shape index (κ3) is 5.00. The van der Waals surface area contributed by atoms with Gasteiger partial charge in [0.25, 0.3) is 0 Å². The molecule has 0 saturated heterocycles. The zero-order chi connectivity index (χ0) is 24.2.